The molecule has 1 fully saturated rings. The molecule has 0 bridgehead atoms. The van der Waals surface area contributed by atoms with Crippen molar-refractivity contribution in [2.24, 2.45) is 5.92 Å². The van der Waals surface area contributed by atoms with Crippen molar-refractivity contribution in [1.82, 2.24) is 20.3 Å². The van der Waals surface area contributed by atoms with Crippen LogP contribution in [0.4, 0.5) is 10.1 Å². The minimum Gasteiger partial charge on any atom is -0.369 e. The van der Waals surface area contributed by atoms with Crippen LogP contribution in [-0.2, 0) is 11.2 Å². The van der Waals surface area contributed by atoms with Gasteiger partial charge in [0.2, 0.25) is 5.91 Å². The molecule has 6 nitrogen and oxygen atoms in total. The Morgan fingerprint density at radius 3 is 2.86 bits per heavy atom. The molecule has 0 unspecified atom stereocenters. The molecule has 0 atom stereocenters. The maximum absolute atomic E-state index is 13.8. The fraction of sp³-hybridized carbons (Fsp3) is 0.381. The van der Waals surface area contributed by atoms with Gasteiger partial charge in [0.15, 0.2) is 5.82 Å². The Morgan fingerprint density at radius 2 is 2.07 bits per heavy atom. The molecule has 1 saturated heterocycles. The van der Waals surface area contributed by atoms with Crippen LogP contribution in [0.25, 0.3) is 11.0 Å². The van der Waals surface area contributed by atoms with E-state index in [1.807, 2.05) is 24.3 Å². The van der Waals surface area contributed by atoms with E-state index in [0.717, 1.165) is 42.8 Å². The molecular formula is C21H24FN5O. The van der Waals surface area contributed by atoms with Gasteiger partial charge in [0.1, 0.15) is 5.82 Å². The quantitative estimate of drug-likeness (QED) is 0.688. The highest BCUT2D eigenvalue weighted by molar-refractivity contribution is 5.77. The Kier molecular flexibility index (Phi) is 5.50. The van der Waals surface area contributed by atoms with Crippen molar-refractivity contribution in [3.8, 4) is 0 Å². The number of hydrogen-bond acceptors (Lipinski definition) is 4. The smallest absolute Gasteiger partial charge is 0.220 e. The number of aromatic amines is 1. The maximum Gasteiger partial charge on any atom is 0.220 e. The number of fused-ring (bicyclic) bond motifs is 1. The molecule has 146 valence electrons. The summed E-state index contributed by atoms with van der Waals surface area (Å²) < 4.78 is 13.8. The molecule has 0 saturated carbocycles. The molecule has 7 heteroatoms. The van der Waals surface area contributed by atoms with Crippen molar-refractivity contribution in [3.05, 3.63) is 54.4 Å². The topological polar surface area (TPSA) is 73.9 Å². The van der Waals surface area contributed by atoms with Crippen LogP contribution in [0.2, 0.25) is 0 Å². The number of H-pyrrole nitrogens is 1. The zero-order valence-corrected chi connectivity index (χ0v) is 15.7. The molecule has 3 aromatic rings. The number of carbonyl (C=O) groups is 1. The number of aryl methyl sites for hydroxylation is 1. The standard InChI is InChI=1S/C21H24FN5O/c22-16-14-23-10-7-19(16)27-11-8-15(9-12-27)13-24-21(28)6-5-20-25-17-3-1-2-4-18(17)26-20/h1-4,7,10,14-15H,5-6,8-9,11-13H2,(H,24,28)(H,25,26). The number of benzene rings is 1. The van der Waals surface area contributed by atoms with Crippen molar-refractivity contribution in [2.45, 2.75) is 25.7 Å². The third kappa shape index (κ3) is 4.30. The fourth-order valence-corrected chi connectivity index (χ4v) is 3.70. The first-order valence-electron chi connectivity index (χ1n) is 9.74. The molecular weight excluding hydrogens is 357 g/mol. The first-order valence-corrected chi connectivity index (χ1v) is 9.74. The number of nitrogens with one attached hydrogen (secondary N) is 2. The first kappa shape index (κ1) is 18.4. The van der Waals surface area contributed by atoms with E-state index < -0.39 is 0 Å². The summed E-state index contributed by atoms with van der Waals surface area (Å²) in [4.78, 5) is 25.8. The number of carbonyl (C=O) groups excluding carboxylic acids is 1. The van der Waals surface area contributed by atoms with Gasteiger partial charge < -0.3 is 15.2 Å². The van der Waals surface area contributed by atoms with Gasteiger partial charge >= 0.3 is 0 Å². The number of amides is 1. The van der Waals surface area contributed by atoms with E-state index in [-0.39, 0.29) is 11.7 Å². The summed E-state index contributed by atoms with van der Waals surface area (Å²) >= 11 is 0. The molecule has 1 aliphatic rings. The molecule has 28 heavy (non-hydrogen) atoms. The van der Waals surface area contributed by atoms with Gasteiger partial charge in [-0.2, -0.15) is 0 Å². The Labute approximate surface area is 163 Å². The second-order valence-electron chi connectivity index (χ2n) is 7.26. The van der Waals surface area contributed by atoms with Crippen LogP contribution in [0.5, 0.6) is 0 Å². The Hall–Kier alpha value is -2.96. The summed E-state index contributed by atoms with van der Waals surface area (Å²) in [5, 5.41) is 3.04. The number of pyridine rings is 1. The van der Waals surface area contributed by atoms with Crippen LogP contribution >= 0.6 is 0 Å². The lowest BCUT2D eigenvalue weighted by molar-refractivity contribution is -0.121. The number of aromatic nitrogens is 3. The second-order valence-corrected chi connectivity index (χ2v) is 7.26. The number of nitrogens with zero attached hydrogens (tertiary/aromatic N) is 3. The van der Waals surface area contributed by atoms with Gasteiger partial charge in [-0.1, -0.05) is 12.1 Å². The van der Waals surface area contributed by atoms with Crippen molar-refractivity contribution < 1.29 is 9.18 Å². The summed E-state index contributed by atoms with van der Waals surface area (Å²) in [6, 6.07) is 9.57. The average molecular weight is 381 g/mol. The average Bonchev–Trinajstić information content (AvgIpc) is 3.15. The SMILES string of the molecule is O=C(CCc1nc2ccccc2[nH]1)NCC1CCN(c2ccncc2F)CC1. The lowest BCUT2D eigenvalue weighted by Crippen LogP contribution is -2.39. The zero-order valence-electron chi connectivity index (χ0n) is 15.7. The summed E-state index contributed by atoms with van der Waals surface area (Å²) in [7, 11) is 0. The van der Waals surface area contributed by atoms with Crippen LogP contribution in [-0.4, -0.2) is 40.5 Å². The fourth-order valence-electron chi connectivity index (χ4n) is 3.70. The number of rotatable bonds is 6. The van der Waals surface area contributed by atoms with E-state index >= 15 is 0 Å². The highest BCUT2D eigenvalue weighted by Gasteiger charge is 2.21. The van der Waals surface area contributed by atoms with Gasteiger partial charge in [0.25, 0.3) is 0 Å². The normalized spacial score (nSPS) is 15.1. The molecule has 1 amide bonds. The van der Waals surface area contributed by atoms with Crippen molar-refractivity contribution >= 4 is 22.6 Å². The van der Waals surface area contributed by atoms with E-state index in [1.54, 1.807) is 12.3 Å². The van der Waals surface area contributed by atoms with E-state index in [4.69, 9.17) is 0 Å². The summed E-state index contributed by atoms with van der Waals surface area (Å²) in [5.41, 5.74) is 2.54. The van der Waals surface area contributed by atoms with Crippen molar-refractivity contribution in [2.75, 3.05) is 24.5 Å². The third-order valence-electron chi connectivity index (χ3n) is 5.32. The van der Waals surface area contributed by atoms with Gasteiger partial charge in [-0.25, -0.2) is 9.37 Å². The molecule has 4 rings (SSSR count). The lowest BCUT2D eigenvalue weighted by Gasteiger charge is -2.33. The Morgan fingerprint density at radius 1 is 1.25 bits per heavy atom. The van der Waals surface area contributed by atoms with E-state index in [0.29, 0.717) is 31.0 Å². The van der Waals surface area contributed by atoms with E-state index in [2.05, 4.69) is 25.2 Å². The second kappa shape index (κ2) is 8.37. The van der Waals surface area contributed by atoms with Gasteiger partial charge in [-0.15, -0.1) is 0 Å². The molecule has 3 heterocycles. The van der Waals surface area contributed by atoms with Gasteiger partial charge in [-0.05, 0) is 37.0 Å². The monoisotopic (exact) mass is 381 g/mol. The van der Waals surface area contributed by atoms with Gasteiger partial charge in [0, 0.05) is 38.7 Å². The number of para-hydroxylation sites is 2. The van der Waals surface area contributed by atoms with Crippen molar-refractivity contribution in [3.63, 3.8) is 0 Å². The summed E-state index contributed by atoms with van der Waals surface area (Å²) in [6.07, 6.45) is 5.76. The molecule has 0 aliphatic carbocycles. The van der Waals surface area contributed by atoms with Crippen molar-refractivity contribution in [1.29, 1.82) is 0 Å². The lowest BCUT2D eigenvalue weighted by atomic mass is 9.96. The Bertz CT molecular complexity index is 916. The Balaban J connectivity index is 1.20. The number of hydrogen-bond donors (Lipinski definition) is 2. The summed E-state index contributed by atoms with van der Waals surface area (Å²) in [6.45, 7) is 2.26. The zero-order chi connectivity index (χ0) is 19.3. The molecule has 0 radical (unpaired) electrons. The molecule has 2 aromatic heterocycles. The minimum absolute atomic E-state index is 0.0445. The third-order valence-corrected chi connectivity index (χ3v) is 5.32. The number of piperidine rings is 1. The van der Waals surface area contributed by atoms with Crippen LogP contribution in [0.15, 0.2) is 42.7 Å². The number of halogens is 1. The maximum atomic E-state index is 13.8. The largest absolute Gasteiger partial charge is 0.369 e. The highest BCUT2D eigenvalue weighted by atomic mass is 19.1. The van der Waals surface area contributed by atoms with Crippen LogP contribution in [0, 0.1) is 11.7 Å². The molecule has 2 N–H and O–H groups in total. The molecule has 0 spiro atoms. The predicted molar refractivity (Wildman–Crippen MR) is 107 cm³/mol. The van der Waals surface area contributed by atoms with E-state index in [1.165, 1.54) is 6.20 Å². The predicted octanol–water partition coefficient (Wildman–Crippen LogP) is 3.06. The summed E-state index contributed by atoms with van der Waals surface area (Å²) in [5.74, 6) is 1.03. The number of imidazole rings is 1. The van der Waals surface area contributed by atoms with Crippen LogP contribution in [0.1, 0.15) is 25.1 Å². The first-order chi connectivity index (χ1) is 13.7. The molecule has 1 aromatic carbocycles. The van der Waals surface area contributed by atoms with Crippen LogP contribution < -0.4 is 10.2 Å². The minimum atomic E-state index is -0.278. The van der Waals surface area contributed by atoms with Gasteiger partial charge in [-0.3, -0.25) is 9.78 Å². The van der Waals surface area contributed by atoms with E-state index in [9.17, 15) is 9.18 Å². The van der Waals surface area contributed by atoms with Crippen LogP contribution in [0.3, 0.4) is 0 Å². The number of anilines is 1. The van der Waals surface area contributed by atoms with Gasteiger partial charge in [0.05, 0.1) is 22.9 Å². The highest BCUT2D eigenvalue weighted by Crippen LogP contribution is 2.24. The molecule has 1 aliphatic heterocycles.